The van der Waals surface area contributed by atoms with E-state index < -0.39 is 10.8 Å². The van der Waals surface area contributed by atoms with Crippen LogP contribution in [0.15, 0.2) is 24.4 Å². The number of ether oxygens (including phenoxy) is 1. The van der Waals surface area contributed by atoms with E-state index in [0.29, 0.717) is 30.1 Å². The van der Waals surface area contributed by atoms with Crippen LogP contribution in [0.25, 0.3) is 21.6 Å². The molecule has 3 aromatic rings. The van der Waals surface area contributed by atoms with Gasteiger partial charge in [-0.2, -0.15) is 0 Å². The number of nitrogens with two attached hydrogens (primary N) is 1. The molecule has 2 N–H and O–H groups in total. The summed E-state index contributed by atoms with van der Waals surface area (Å²) in [4.78, 5) is 20.1. The summed E-state index contributed by atoms with van der Waals surface area (Å²) in [6, 6.07) is 5.90. The summed E-state index contributed by atoms with van der Waals surface area (Å²) in [6.07, 6.45) is 5.56. The van der Waals surface area contributed by atoms with Gasteiger partial charge in [-0.05, 0) is 44.1 Å². The molecule has 0 aliphatic carbocycles. The van der Waals surface area contributed by atoms with Crippen molar-refractivity contribution in [1.82, 2.24) is 19.9 Å². The number of rotatable bonds is 5. The predicted molar refractivity (Wildman–Crippen MR) is 130 cm³/mol. The van der Waals surface area contributed by atoms with Crippen LogP contribution in [-0.4, -0.2) is 75.0 Å². The summed E-state index contributed by atoms with van der Waals surface area (Å²) in [5, 5.41) is 0.337. The molecule has 3 aromatic heterocycles. The van der Waals surface area contributed by atoms with Crippen LogP contribution < -0.4 is 10.6 Å². The van der Waals surface area contributed by atoms with Crippen LogP contribution in [0.3, 0.4) is 0 Å². The van der Waals surface area contributed by atoms with Gasteiger partial charge in [-0.25, -0.2) is 15.0 Å². The number of anilines is 2. The van der Waals surface area contributed by atoms with E-state index in [1.165, 1.54) is 4.88 Å². The maximum absolute atomic E-state index is 11.8. The highest BCUT2D eigenvalue weighted by molar-refractivity contribution is 7.84. The Bertz CT molecular complexity index is 1110. The minimum absolute atomic E-state index is 0.337. The zero-order valence-electron chi connectivity index (χ0n) is 18.2. The molecule has 2 saturated heterocycles. The third-order valence-corrected chi connectivity index (χ3v) is 8.66. The summed E-state index contributed by atoms with van der Waals surface area (Å²) < 4.78 is 18.5. The van der Waals surface area contributed by atoms with Crippen molar-refractivity contribution < 1.29 is 8.95 Å². The van der Waals surface area contributed by atoms with Gasteiger partial charge >= 0.3 is 0 Å². The monoisotopic (exact) mass is 472 g/mol. The van der Waals surface area contributed by atoms with Crippen LogP contribution in [0.2, 0.25) is 0 Å². The van der Waals surface area contributed by atoms with Crippen molar-refractivity contribution in [3.05, 3.63) is 29.3 Å². The lowest BCUT2D eigenvalue weighted by atomic mass is 10.1. The number of fused-ring (bicyclic) bond motifs is 1. The normalized spacial score (nSPS) is 19.5. The predicted octanol–water partition coefficient (Wildman–Crippen LogP) is 2.52. The van der Waals surface area contributed by atoms with Crippen molar-refractivity contribution in [1.29, 1.82) is 0 Å². The lowest BCUT2D eigenvalue weighted by Gasteiger charge is -2.30. The van der Waals surface area contributed by atoms with Crippen LogP contribution in [-0.2, 0) is 22.1 Å². The second-order valence-corrected chi connectivity index (χ2v) is 11.1. The Morgan fingerprint density at radius 3 is 2.66 bits per heavy atom. The van der Waals surface area contributed by atoms with Gasteiger partial charge in [0.15, 0.2) is 11.6 Å². The number of hydrogen-bond acceptors (Lipinski definition) is 9. The van der Waals surface area contributed by atoms with Crippen molar-refractivity contribution in [3.63, 3.8) is 0 Å². The molecule has 32 heavy (non-hydrogen) atoms. The fourth-order valence-electron chi connectivity index (χ4n) is 4.32. The Balaban J connectivity index is 1.46. The highest BCUT2D eigenvalue weighted by Crippen LogP contribution is 2.35. The highest BCUT2D eigenvalue weighted by Gasteiger charge is 2.24. The van der Waals surface area contributed by atoms with Gasteiger partial charge in [0.1, 0.15) is 5.82 Å². The largest absolute Gasteiger partial charge is 0.384 e. The lowest BCUT2D eigenvalue weighted by Crippen LogP contribution is -2.37. The maximum Gasteiger partial charge on any atom is 0.163 e. The molecule has 0 saturated carbocycles. The molecule has 0 bridgehead atoms. The fraction of sp³-hybridized carbons (Fsp3) is 0.500. The molecular formula is C22H28N6O2S2. The number of morpholine rings is 1. The zero-order chi connectivity index (χ0) is 22.1. The molecule has 170 valence electrons. The third kappa shape index (κ3) is 4.63. The molecule has 10 heteroatoms. The SMILES string of the molecule is CS(=O)C1CCN(Cc2cc3nc(-c4ccc(N)nc4)nc(N4CCOCC4)c3s2)CC1. The van der Waals surface area contributed by atoms with Crippen molar-refractivity contribution >= 4 is 44.0 Å². The Labute approximate surface area is 194 Å². The van der Waals surface area contributed by atoms with Gasteiger partial charge in [0.25, 0.3) is 0 Å². The van der Waals surface area contributed by atoms with E-state index in [0.717, 1.165) is 67.2 Å². The van der Waals surface area contributed by atoms with E-state index in [4.69, 9.17) is 20.4 Å². The second kappa shape index (κ2) is 9.38. The number of aromatic nitrogens is 3. The summed E-state index contributed by atoms with van der Waals surface area (Å²) in [7, 11) is -0.725. The lowest BCUT2D eigenvalue weighted by molar-refractivity contribution is 0.122. The molecule has 0 spiro atoms. The first-order chi connectivity index (χ1) is 15.6. The molecular weight excluding hydrogens is 444 g/mol. The Hall–Kier alpha value is -2.14. The molecule has 0 aromatic carbocycles. The van der Waals surface area contributed by atoms with Crippen LogP contribution in [0.5, 0.6) is 0 Å². The van der Waals surface area contributed by atoms with Crippen molar-refractivity contribution in [2.45, 2.75) is 24.6 Å². The van der Waals surface area contributed by atoms with E-state index in [9.17, 15) is 4.21 Å². The molecule has 2 aliphatic heterocycles. The molecule has 2 fully saturated rings. The van der Waals surface area contributed by atoms with E-state index in [1.807, 2.05) is 12.3 Å². The Morgan fingerprint density at radius 1 is 1.19 bits per heavy atom. The van der Waals surface area contributed by atoms with Crippen molar-refractivity contribution in [2.75, 3.05) is 56.3 Å². The molecule has 2 aliphatic rings. The van der Waals surface area contributed by atoms with E-state index >= 15 is 0 Å². The minimum Gasteiger partial charge on any atom is -0.384 e. The summed E-state index contributed by atoms with van der Waals surface area (Å²) in [5.74, 6) is 2.13. The molecule has 5 rings (SSSR count). The van der Waals surface area contributed by atoms with Crippen LogP contribution >= 0.6 is 11.3 Å². The average Bonchev–Trinajstić information content (AvgIpc) is 3.22. The van der Waals surface area contributed by atoms with Gasteiger partial charge in [-0.15, -0.1) is 11.3 Å². The quantitative estimate of drug-likeness (QED) is 0.605. The van der Waals surface area contributed by atoms with Gasteiger partial charge in [-0.3, -0.25) is 9.11 Å². The molecule has 1 atom stereocenters. The molecule has 5 heterocycles. The zero-order valence-corrected chi connectivity index (χ0v) is 19.8. The number of nitrogen functional groups attached to an aromatic ring is 1. The minimum atomic E-state index is -0.725. The maximum atomic E-state index is 11.8. The number of nitrogens with zero attached hydrogens (tertiary/aromatic N) is 5. The van der Waals surface area contributed by atoms with Gasteiger partial charge in [0.2, 0.25) is 0 Å². The number of pyridine rings is 1. The fourth-order valence-corrected chi connectivity index (χ4v) is 6.35. The molecule has 0 amide bonds. The van der Waals surface area contributed by atoms with Crippen LogP contribution in [0.1, 0.15) is 17.7 Å². The van der Waals surface area contributed by atoms with Crippen molar-refractivity contribution in [2.24, 2.45) is 0 Å². The third-order valence-electron chi connectivity index (χ3n) is 6.14. The van der Waals surface area contributed by atoms with Gasteiger partial charge in [0.05, 0.1) is 23.4 Å². The van der Waals surface area contributed by atoms with Gasteiger partial charge in [0, 0.05) is 58.6 Å². The smallest absolute Gasteiger partial charge is 0.163 e. The number of thiophene rings is 1. The first-order valence-corrected chi connectivity index (χ1v) is 13.4. The average molecular weight is 473 g/mol. The first kappa shape index (κ1) is 21.7. The van der Waals surface area contributed by atoms with Crippen LogP contribution in [0.4, 0.5) is 11.6 Å². The molecule has 8 nitrogen and oxygen atoms in total. The first-order valence-electron chi connectivity index (χ1n) is 11.0. The summed E-state index contributed by atoms with van der Waals surface area (Å²) in [5.41, 5.74) is 7.59. The van der Waals surface area contributed by atoms with E-state index in [2.05, 4.69) is 20.9 Å². The Morgan fingerprint density at radius 2 is 1.97 bits per heavy atom. The summed E-state index contributed by atoms with van der Waals surface area (Å²) >= 11 is 1.78. The molecule has 0 radical (unpaired) electrons. The summed E-state index contributed by atoms with van der Waals surface area (Å²) in [6.45, 7) is 5.92. The number of likely N-dealkylation sites (tertiary alicyclic amines) is 1. The topological polar surface area (TPSA) is 97.5 Å². The standard InChI is InChI=1S/C22H28N6O2S2/c1-32(29)17-4-6-27(7-5-17)14-16-12-18-20(31-16)22(28-8-10-30-11-9-28)26-21(25-18)15-2-3-19(23)24-13-15/h2-3,12-13,17H,4-11,14H2,1H3,(H2,23,24). The highest BCUT2D eigenvalue weighted by atomic mass is 32.2. The second-order valence-electron chi connectivity index (χ2n) is 8.34. The molecule has 1 unspecified atom stereocenters. The Kier molecular flexibility index (Phi) is 6.36. The number of hydrogen-bond donors (Lipinski definition) is 1. The van der Waals surface area contributed by atoms with Crippen molar-refractivity contribution in [3.8, 4) is 11.4 Å². The van der Waals surface area contributed by atoms with Gasteiger partial charge in [-0.1, -0.05) is 0 Å². The van der Waals surface area contributed by atoms with E-state index in [1.54, 1.807) is 23.6 Å². The van der Waals surface area contributed by atoms with Crippen LogP contribution in [0, 0.1) is 0 Å². The van der Waals surface area contributed by atoms with E-state index in [-0.39, 0.29) is 0 Å². The number of piperidine rings is 1. The van der Waals surface area contributed by atoms with Gasteiger partial charge < -0.3 is 15.4 Å².